The smallest absolute Gasteiger partial charge is 0.253 e. The molecular weight excluding hydrogens is 398 g/mol. The maximum atomic E-state index is 12.7. The van der Waals surface area contributed by atoms with Crippen molar-refractivity contribution in [3.63, 3.8) is 0 Å². The van der Waals surface area contributed by atoms with Crippen LogP contribution in [-0.4, -0.2) is 25.5 Å². The van der Waals surface area contributed by atoms with Crippen LogP contribution in [0.2, 0.25) is 5.02 Å². The van der Waals surface area contributed by atoms with Crippen molar-refractivity contribution >= 4 is 29.0 Å². The lowest BCUT2D eigenvalue weighted by Crippen LogP contribution is -2.18. The van der Waals surface area contributed by atoms with Gasteiger partial charge in [-0.05, 0) is 45.4 Å². The lowest BCUT2D eigenvalue weighted by Gasteiger charge is -2.12. The highest BCUT2D eigenvalue weighted by molar-refractivity contribution is 6.31. The molecule has 0 radical (unpaired) electrons. The normalized spacial score (nSPS) is 11.1. The van der Waals surface area contributed by atoms with E-state index in [0.29, 0.717) is 22.3 Å². The molecule has 0 unspecified atom stereocenters. The van der Waals surface area contributed by atoms with Crippen molar-refractivity contribution in [3.05, 3.63) is 75.6 Å². The van der Waals surface area contributed by atoms with Gasteiger partial charge < -0.3 is 5.32 Å². The maximum absolute atomic E-state index is 12.7. The van der Waals surface area contributed by atoms with Crippen molar-refractivity contribution in [2.45, 2.75) is 34.1 Å². The molecule has 7 heteroatoms. The molecule has 0 saturated heterocycles. The molecule has 2 heterocycles. The molecule has 0 aliphatic carbocycles. The van der Waals surface area contributed by atoms with E-state index in [4.69, 9.17) is 11.6 Å². The lowest BCUT2D eigenvalue weighted by atomic mass is 10.1. The first-order valence-electron chi connectivity index (χ1n) is 9.68. The summed E-state index contributed by atoms with van der Waals surface area (Å²) in [5, 5.41) is 8.19. The molecule has 0 aliphatic heterocycles. The summed E-state index contributed by atoms with van der Waals surface area (Å²) < 4.78 is 1.70. The van der Waals surface area contributed by atoms with E-state index in [-0.39, 0.29) is 12.3 Å². The van der Waals surface area contributed by atoms with Crippen LogP contribution in [0.1, 0.15) is 28.1 Å². The number of amides is 1. The van der Waals surface area contributed by atoms with Gasteiger partial charge in [0.2, 0.25) is 5.91 Å². The van der Waals surface area contributed by atoms with Crippen molar-refractivity contribution in [3.8, 4) is 11.4 Å². The summed E-state index contributed by atoms with van der Waals surface area (Å²) in [5.41, 5.74) is 6.10. The van der Waals surface area contributed by atoms with Crippen molar-refractivity contribution in [1.82, 2.24) is 19.6 Å². The van der Waals surface area contributed by atoms with Crippen molar-refractivity contribution in [1.29, 1.82) is 0 Å². The minimum atomic E-state index is -0.133. The van der Waals surface area contributed by atoms with Gasteiger partial charge in [0.1, 0.15) is 0 Å². The molecule has 0 atom stereocenters. The molecule has 0 aliphatic rings. The maximum Gasteiger partial charge on any atom is 0.253 e. The van der Waals surface area contributed by atoms with Gasteiger partial charge >= 0.3 is 0 Å². The molecule has 4 rings (SSSR count). The summed E-state index contributed by atoms with van der Waals surface area (Å²) in [7, 11) is 0. The number of hydrogen-bond acceptors (Lipinski definition) is 4. The largest absolute Gasteiger partial charge is 0.326 e. The Hall–Kier alpha value is -3.25. The topological polar surface area (TPSA) is 72.2 Å². The number of nitrogens with zero attached hydrogens (tertiary/aromatic N) is 4. The highest BCUT2D eigenvalue weighted by atomic mass is 35.5. The molecule has 2 aromatic carbocycles. The number of halogens is 1. The van der Waals surface area contributed by atoms with E-state index >= 15 is 0 Å². The number of aromatic nitrogens is 4. The van der Waals surface area contributed by atoms with Gasteiger partial charge in [-0.2, -0.15) is 4.98 Å². The molecule has 0 spiro atoms. The molecule has 1 amide bonds. The molecule has 0 bridgehead atoms. The van der Waals surface area contributed by atoms with Crippen molar-refractivity contribution < 1.29 is 4.79 Å². The molecule has 2 aromatic heterocycles. The summed E-state index contributed by atoms with van der Waals surface area (Å²) in [4.78, 5) is 21.9. The molecule has 152 valence electrons. The van der Waals surface area contributed by atoms with Gasteiger partial charge in [0.05, 0.1) is 6.42 Å². The number of fused-ring (bicyclic) bond motifs is 1. The number of nitrogens with one attached hydrogen (secondary N) is 1. The zero-order valence-corrected chi connectivity index (χ0v) is 18.1. The third-order valence-electron chi connectivity index (χ3n) is 5.24. The van der Waals surface area contributed by atoms with Gasteiger partial charge in [0.25, 0.3) is 5.78 Å². The highest BCUT2D eigenvalue weighted by Crippen LogP contribution is 2.24. The van der Waals surface area contributed by atoms with Gasteiger partial charge in [0, 0.05) is 33.2 Å². The van der Waals surface area contributed by atoms with Crippen LogP contribution in [0.15, 0.2) is 42.5 Å². The van der Waals surface area contributed by atoms with Crippen LogP contribution in [0, 0.1) is 27.7 Å². The minimum Gasteiger partial charge on any atom is -0.326 e. The Morgan fingerprint density at radius 3 is 2.50 bits per heavy atom. The van der Waals surface area contributed by atoms with Gasteiger partial charge in [-0.25, -0.2) is 9.50 Å². The van der Waals surface area contributed by atoms with Gasteiger partial charge in [-0.3, -0.25) is 4.79 Å². The second kappa shape index (κ2) is 7.88. The zero-order chi connectivity index (χ0) is 21.4. The summed E-state index contributed by atoms with van der Waals surface area (Å²) in [6.45, 7) is 7.74. The number of aryl methyl sites for hydroxylation is 3. The number of anilines is 1. The van der Waals surface area contributed by atoms with E-state index in [1.165, 1.54) is 5.56 Å². The van der Waals surface area contributed by atoms with E-state index < -0.39 is 0 Å². The Balaban J connectivity index is 1.65. The van der Waals surface area contributed by atoms with E-state index in [1.54, 1.807) is 10.6 Å². The standard InChI is InChI=1S/C23H22ClN5O/c1-13-8-10-17(11-9-13)22-27-23-25-15(3)18(16(4)29(23)28-22)12-21(30)26-20-7-5-6-19(24)14(20)2/h5-11H,12H2,1-4H3,(H,26,30). The fourth-order valence-corrected chi connectivity index (χ4v) is 3.56. The summed E-state index contributed by atoms with van der Waals surface area (Å²) in [6, 6.07) is 13.5. The number of carbonyl (C=O) groups is 1. The van der Waals surface area contributed by atoms with Crippen LogP contribution in [-0.2, 0) is 11.2 Å². The Labute approximate surface area is 179 Å². The van der Waals surface area contributed by atoms with E-state index in [9.17, 15) is 4.79 Å². The van der Waals surface area contributed by atoms with Crippen LogP contribution in [0.5, 0.6) is 0 Å². The SMILES string of the molecule is Cc1ccc(-c2nc3nc(C)c(CC(=O)Nc4cccc(Cl)c4C)c(C)n3n2)cc1. The number of rotatable bonds is 4. The molecule has 6 nitrogen and oxygen atoms in total. The average molecular weight is 420 g/mol. The Morgan fingerprint density at radius 2 is 1.77 bits per heavy atom. The molecule has 0 fully saturated rings. The third kappa shape index (κ3) is 3.78. The first-order chi connectivity index (χ1) is 14.3. The van der Waals surface area contributed by atoms with Crippen LogP contribution < -0.4 is 5.32 Å². The van der Waals surface area contributed by atoms with E-state index in [0.717, 1.165) is 28.1 Å². The molecule has 0 saturated carbocycles. The fraction of sp³-hybridized carbons (Fsp3) is 0.217. The monoisotopic (exact) mass is 419 g/mol. The van der Waals surface area contributed by atoms with Crippen LogP contribution in [0.4, 0.5) is 5.69 Å². The highest BCUT2D eigenvalue weighted by Gasteiger charge is 2.17. The number of carbonyl (C=O) groups excluding carboxylic acids is 1. The van der Waals surface area contributed by atoms with Crippen LogP contribution in [0.25, 0.3) is 17.2 Å². The van der Waals surface area contributed by atoms with Gasteiger partial charge in [0.15, 0.2) is 5.82 Å². The van der Waals surface area contributed by atoms with Crippen molar-refractivity contribution in [2.75, 3.05) is 5.32 Å². The summed E-state index contributed by atoms with van der Waals surface area (Å²) in [5.74, 6) is 1.00. The Morgan fingerprint density at radius 1 is 1.03 bits per heavy atom. The van der Waals surface area contributed by atoms with Crippen LogP contribution >= 0.6 is 11.6 Å². The molecule has 30 heavy (non-hydrogen) atoms. The second-order valence-corrected chi connectivity index (χ2v) is 7.82. The van der Waals surface area contributed by atoms with Crippen molar-refractivity contribution in [2.24, 2.45) is 0 Å². The average Bonchev–Trinajstić information content (AvgIpc) is 3.13. The van der Waals surface area contributed by atoms with Gasteiger partial charge in [-0.1, -0.05) is 47.5 Å². The minimum absolute atomic E-state index is 0.133. The molecule has 4 aromatic rings. The summed E-state index contributed by atoms with van der Waals surface area (Å²) in [6.07, 6.45) is 0.187. The molecular formula is C23H22ClN5O. The summed E-state index contributed by atoms with van der Waals surface area (Å²) >= 11 is 6.15. The Bertz CT molecular complexity index is 1260. The predicted molar refractivity (Wildman–Crippen MR) is 119 cm³/mol. The first kappa shape index (κ1) is 20.0. The Kier molecular flexibility index (Phi) is 5.26. The number of hydrogen-bond donors (Lipinski definition) is 1. The number of benzene rings is 2. The zero-order valence-electron chi connectivity index (χ0n) is 17.3. The van der Waals surface area contributed by atoms with Crippen LogP contribution in [0.3, 0.4) is 0 Å². The van der Waals surface area contributed by atoms with E-state index in [2.05, 4.69) is 20.4 Å². The van der Waals surface area contributed by atoms with Gasteiger partial charge in [-0.15, -0.1) is 5.10 Å². The molecule has 1 N–H and O–H groups in total. The lowest BCUT2D eigenvalue weighted by molar-refractivity contribution is -0.115. The fourth-order valence-electron chi connectivity index (χ4n) is 3.39. The quantitative estimate of drug-likeness (QED) is 0.512. The van der Waals surface area contributed by atoms with E-state index in [1.807, 2.05) is 64.1 Å². The third-order valence-corrected chi connectivity index (χ3v) is 5.65. The second-order valence-electron chi connectivity index (χ2n) is 7.41. The predicted octanol–water partition coefficient (Wildman–Crippen LogP) is 4.86. The first-order valence-corrected chi connectivity index (χ1v) is 10.1.